The maximum absolute atomic E-state index is 14.3. The van der Waals surface area contributed by atoms with Crippen LogP contribution in [0.3, 0.4) is 0 Å². The number of rotatable bonds is 7. The number of nitriles is 1. The molecular weight excluding hydrogens is 584 g/mol. The second-order valence-electron chi connectivity index (χ2n) is 11.1. The van der Waals surface area contributed by atoms with Crippen LogP contribution in [-0.4, -0.2) is 75.2 Å². The summed E-state index contributed by atoms with van der Waals surface area (Å²) in [6, 6.07) is 11.4. The number of benzene rings is 1. The van der Waals surface area contributed by atoms with Gasteiger partial charge in [0.05, 0.1) is 17.7 Å². The first-order valence-corrected chi connectivity index (χ1v) is 14.6. The van der Waals surface area contributed by atoms with Crippen molar-refractivity contribution in [2.45, 2.75) is 45.8 Å². The van der Waals surface area contributed by atoms with Crippen LogP contribution in [0.4, 0.5) is 5.82 Å². The van der Waals surface area contributed by atoms with Gasteiger partial charge in [0.25, 0.3) is 5.91 Å². The molecule has 5 rings (SSSR count). The number of ketones is 1. The summed E-state index contributed by atoms with van der Waals surface area (Å²) in [5, 5.41) is 9.91. The lowest BCUT2D eigenvalue weighted by atomic mass is 9.94. The number of hydrogen-bond acceptors (Lipinski definition) is 6. The van der Waals surface area contributed by atoms with Crippen LogP contribution in [0, 0.1) is 24.2 Å². The van der Waals surface area contributed by atoms with E-state index in [1.165, 1.54) is 6.08 Å². The number of amides is 2. The fraction of sp³-hybridized carbons (Fsp3) is 0.387. The Labute approximate surface area is 248 Å². The van der Waals surface area contributed by atoms with Gasteiger partial charge in [0.1, 0.15) is 11.9 Å². The van der Waals surface area contributed by atoms with Gasteiger partial charge in [0.15, 0.2) is 5.78 Å². The molecule has 0 aliphatic carbocycles. The Bertz CT molecular complexity index is 1560. The molecule has 0 spiro atoms. The number of Topliss-reactive ketones (excluding diaryl/α,β-unsaturated/α-hetero) is 1. The second-order valence-corrected chi connectivity index (χ2v) is 12.0. The predicted molar refractivity (Wildman–Crippen MR) is 161 cm³/mol. The lowest BCUT2D eigenvalue weighted by Gasteiger charge is -2.45. The Hall–Kier alpha value is -3.97. The summed E-state index contributed by atoms with van der Waals surface area (Å²) in [5.41, 5.74) is 2.74. The molecule has 0 bridgehead atoms. The van der Waals surface area contributed by atoms with Crippen LogP contribution in [0.15, 0.2) is 53.7 Å². The molecule has 2 atom stereocenters. The standard InChI is InChI=1S/C31H33BrN6O3/c1-5-29(40)36-16-23(17-36)10-25(39)18-37-21(4)30(26-11-24(32)7-8-27(26)37)31(41)38-19(2)14-35(15-20(38)3)28-9-6-22(12-33)13-34-28/h5-9,11,13,19-20,23H,1,10,14-18H2,2-4H3. The van der Waals surface area contributed by atoms with Crippen LogP contribution < -0.4 is 4.90 Å². The molecule has 0 radical (unpaired) electrons. The Morgan fingerprint density at radius 1 is 1.12 bits per heavy atom. The van der Waals surface area contributed by atoms with E-state index in [9.17, 15) is 14.4 Å². The Morgan fingerprint density at radius 3 is 2.44 bits per heavy atom. The van der Waals surface area contributed by atoms with Crippen molar-refractivity contribution in [2.75, 3.05) is 31.1 Å². The van der Waals surface area contributed by atoms with E-state index in [2.05, 4.69) is 38.5 Å². The number of anilines is 1. The largest absolute Gasteiger partial charge is 0.353 e. The first-order chi connectivity index (χ1) is 19.6. The van der Waals surface area contributed by atoms with Crippen molar-refractivity contribution in [2.24, 2.45) is 5.92 Å². The number of nitrogens with zero attached hydrogens (tertiary/aromatic N) is 6. The molecule has 3 aromatic rings. The molecule has 10 heteroatoms. The van der Waals surface area contributed by atoms with Crippen LogP contribution in [-0.2, 0) is 16.1 Å². The van der Waals surface area contributed by atoms with Gasteiger partial charge in [-0.1, -0.05) is 22.5 Å². The SMILES string of the molecule is C=CC(=O)N1CC(CC(=O)Cn2c(C)c(C(=O)N3C(C)CN(c4ccc(C#N)cn4)CC3C)c3cc(Br)ccc32)C1. The minimum Gasteiger partial charge on any atom is -0.353 e. The Morgan fingerprint density at radius 2 is 1.83 bits per heavy atom. The summed E-state index contributed by atoms with van der Waals surface area (Å²) in [6.07, 6.45) is 3.26. The normalized spacial score (nSPS) is 19.1. The van der Waals surface area contributed by atoms with Crippen molar-refractivity contribution in [3.8, 4) is 6.07 Å². The van der Waals surface area contributed by atoms with Crippen molar-refractivity contribution in [1.29, 1.82) is 5.26 Å². The van der Waals surface area contributed by atoms with E-state index in [0.717, 1.165) is 26.9 Å². The number of piperazine rings is 1. The monoisotopic (exact) mass is 616 g/mol. The highest BCUT2D eigenvalue weighted by Gasteiger charge is 2.36. The van der Waals surface area contributed by atoms with Gasteiger partial charge in [-0.15, -0.1) is 0 Å². The summed E-state index contributed by atoms with van der Waals surface area (Å²) in [5.74, 6) is 0.850. The summed E-state index contributed by atoms with van der Waals surface area (Å²) >= 11 is 3.56. The molecule has 2 aliphatic rings. The summed E-state index contributed by atoms with van der Waals surface area (Å²) in [7, 11) is 0. The second kappa shape index (κ2) is 11.5. The number of hydrogen-bond donors (Lipinski definition) is 0. The molecule has 1 aromatic carbocycles. The van der Waals surface area contributed by atoms with Crippen LogP contribution >= 0.6 is 15.9 Å². The zero-order valence-electron chi connectivity index (χ0n) is 23.5. The zero-order chi connectivity index (χ0) is 29.4. The van der Waals surface area contributed by atoms with Crippen molar-refractivity contribution >= 4 is 50.2 Å². The average molecular weight is 618 g/mol. The predicted octanol–water partition coefficient (Wildman–Crippen LogP) is 4.32. The number of pyridine rings is 1. The van der Waals surface area contributed by atoms with E-state index in [0.29, 0.717) is 43.7 Å². The van der Waals surface area contributed by atoms with Gasteiger partial charge < -0.3 is 19.3 Å². The molecular formula is C31H33BrN6O3. The molecule has 2 fully saturated rings. The van der Waals surface area contributed by atoms with Crippen molar-refractivity contribution in [3.05, 3.63) is 70.5 Å². The van der Waals surface area contributed by atoms with Gasteiger partial charge in [-0.05, 0) is 57.2 Å². The number of likely N-dealkylation sites (tertiary alicyclic amines) is 1. The molecule has 4 heterocycles. The zero-order valence-corrected chi connectivity index (χ0v) is 25.1. The molecule has 9 nitrogen and oxygen atoms in total. The quantitative estimate of drug-likeness (QED) is 0.366. The maximum atomic E-state index is 14.3. The van der Waals surface area contributed by atoms with Gasteiger partial charge in [-0.25, -0.2) is 4.98 Å². The topological polar surface area (TPSA) is 103 Å². The Kier molecular flexibility index (Phi) is 8.00. The number of fused-ring (bicyclic) bond motifs is 1. The van der Waals surface area contributed by atoms with Crippen molar-refractivity contribution in [3.63, 3.8) is 0 Å². The molecule has 2 saturated heterocycles. The van der Waals surface area contributed by atoms with Gasteiger partial charge in [-0.2, -0.15) is 5.26 Å². The highest BCUT2D eigenvalue weighted by atomic mass is 79.9. The molecule has 0 N–H and O–H groups in total. The van der Waals surface area contributed by atoms with Crippen LogP contribution in [0.5, 0.6) is 0 Å². The lowest BCUT2D eigenvalue weighted by Crippen LogP contribution is -2.59. The average Bonchev–Trinajstić information content (AvgIpc) is 3.19. The molecule has 2 aliphatic heterocycles. The number of halogens is 1. The van der Waals surface area contributed by atoms with Crippen LogP contribution in [0.1, 0.15) is 41.9 Å². The molecule has 41 heavy (non-hydrogen) atoms. The van der Waals surface area contributed by atoms with Gasteiger partial charge in [-0.3, -0.25) is 14.4 Å². The van der Waals surface area contributed by atoms with E-state index in [4.69, 9.17) is 5.26 Å². The number of aromatic nitrogens is 2. The third kappa shape index (κ3) is 5.51. The first kappa shape index (κ1) is 28.6. The third-order valence-corrected chi connectivity index (χ3v) is 8.64. The lowest BCUT2D eigenvalue weighted by molar-refractivity contribution is -0.134. The molecule has 2 amide bonds. The minimum absolute atomic E-state index is 0.0539. The van der Waals surface area contributed by atoms with E-state index in [-0.39, 0.29) is 42.1 Å². The van der Waals surface area contributed by atoms with Crippen molar-refractivity contribution < 1.29 is 14.4 Å². The summed E-state index contributed by atoms with van der Waals surface area (Å²) < 4.78 is 2.82. The Balaban J connectivity index is 1.37. The summed E-state index contributed by atoms with van der Waals surface area (Å²) in [4.78, 5) is 49.4. The van der Waals surface area contributed by atoms with E-state index in [1.807, 2.05) is 54.5 Å². The molecule has 0 saturated carbocycles. The van der Waals surface area contributed by atoms with Gasteiger partial charge in [0, 0.05) is 77.9 Å². The van der Waals surface area contributed by atoms with E-state index >= 15 is 0 Å². The molecule has 2 aromatic heterocycles. The number of carbonyl (C=O) groups excluding carboxylic acids is 3. The van der Waals surface area contributed by atoms with E-state index < -0.39 is 0 Å². The van der Waals surface area contributed by atoms with Gasteiger partial charge in [0.2, 0.25) is 5.91 Å². The highest BCUT2D eigenvalue weighted by molar-refractivity contribution is 9.10. The van der Waals surface area contributed by atoms with E-state index in [1.54, 1.807) is 17.2 Å². The highest BCUT2D eigenvalue weighted by Crippen LogP contribution is 2.32. The smallest absolute Gasteiger partial charge is 0.256 e. The fourth-order valence-electron chi connectivity index (χ4n) is 6.18. The van der Waals surface area contributed by atoms with Crippen molar-refractivity contribution in [1.82, 2.24) is 19.4 Å². The minimum atomic E-state index is -0.105. The van der Waals surface area contributed by atoms with Crippen LogP contribution in [0.25, 0.3) is 10.9 Å². The maximum Gasteiger partial charge on any atom is 0.256 e. The fourth-order valence-corrected chi connectivity index (χ4v) is 6.54. The van der Waals surface area contributed by atoms with Crippen LogP contribution in [0.2, 0.25) is 0 Å². The summed E-state index contributed by atoms with van der Waals surface area (Å²) in [6.45, 7) is 12.0. The van der Waals surface area contributed by atoms with Gasteiger partial charge >= 0.3 is 0 Å². The first-order valence-electron chi connectivity index (χ1n) is 13.8. The number of carbonyl (C=O) groups is 3. The molecule has 2 unspecified atom stereocenters. The third-order valence-electron chi connectivity index (χ3n) is 8.15. The molecule has 212 valence electrons.